The van der Waals surface area contributed by atoms with Crippen molar-refractivity contribution in [3.05, 3.63) is 17.8 Å². The number of hydrogen-bond acceptors (Lipinski definition) is 4. The maximum Gasteiger partial charge on any atom is 0.166 e. The van der Waals surface area contributed by atoms with Gasteiger partial charge in [0.25, 0.3) is 0 Å². The fourth-order valence-electron chi connectivity index (χ4n) is 1.46. The van der Waals surface area contributed by atoms with Gasteiger partial charge in [0.2, 0.25) is 0 Å². The Morgan fingerprint density at radius 3 is 3.07 bits per heavy atom. The van der Waals surface area contributed by atoms with E-state index in [1.165, 1.54) is 19.0 Å². The van der Waals surface area contributed by atoms with Gasteiger partial charge in [-0.05, 0) is 31.7 Å². The van der Waals surface area contributed by atoms with Crippen molar-refractivity contribution >= 4 is 5.82 Å². The minimum atomic E-state index is 0.388. The first-order valence-corrected chi connectivity index (χ1v) is 4.79. The van der Waals surface area contributed by atoms with Crippen molar-refractivity contribution in [1.82, 2.24) is 10.2 Å². The van der Waals surface area contributed by atoms with E-state index in [-0.39, 0.29) is 0 Å². The standard InChI is InChI=1S/C10H12N4/c1-7(8-2-3-8)13-10-9(6-11)4-5-12-14-10/h4-5,7-8H,2-3H2,1H3,(H,13,14). The molecular weight excluding hydrogens is 176 g/mol. The molecule has 0 amide bonds. The zero-order valence-corrected chi connectivity index (χ0v) is 8.07. The maximum atomic E-state index is 8.83. The third-order valence-electron chi connectivity index (χ3n) is 2.53. The van der Waals surface area contributed by atoms with E-state index in [1.807, 2.05) is 0 Å². The van der Waals surface area contributed by atoms with Crippen molar-refractivity contribution in [3.8, 4) is 6.07 Å². The van der Waals surface area contributed by atoms with Gasteiger partial charge in [0.05, 0.1) is 11.8 Å². The number of hydrogen-bond donors (Lipinski definition) is 1. The van der Waals surface area contributed by atoms with Crippen molar-refractivity contribution in [2.75, 3.05) is 5.32 Å². The summed E-state index contributed by atoms with van der Waals surface area (Å²) in [6, 6.07) is 4.16. The van der Waals surface area contributed by atoms with E-state index >= 15 is 0 Å². The highest BCUT2D eigenvalue weighted by molar-refractivity contribution is 5.50. The first-order chi connectivity index (χ1) is 6.81. The molecule has 0 spiro atoms. The summed E-state index contributed by atoms with van der Waals surface area (Å²) in [5, 5.41) is 19.7. The van der Waals surface area contributed by atoms with Crippen LogP contribution in [-0.2, 0) is 0 Å². The second kappa shape index (κ2) is 3.62. The predicted octanol–water partition coefficient (Wildman–Crippen LogP) is 1.56. The summed E-state index contributed by atoms with van der Waals surface area (Å²) in [6.45, 7) is 2.12. The minimum absolute atomic E-state index is 0.388. The third-order valence-corrected chi connectivity index (χ3v) is 2.53. The lowest BCUT2D eigenvalue weighted by Crippen LogP contribution is -2.19. The molecule has 1 N–H and O–H groups in total. The lowest BCUT2D eigenvalue weighted by atomic mass is 10.2. The van der Waals surface area contributed by atoms with Crippen LogP contribution < -0.4 is 5.32 Å². The SMILES string of the molecule is CC(Nc1nnccc1C#N)C1CC1. The Hall–Kier alpha value is -1.63. The van der Waals surface area contributed by atoms with Crippen LogP contribution in [0.1, 0.15) is 25.3 Å². The van der Waals surface area contributed by atoms with Gasteiger partial charge in [-0.25, -0.2) is 0 Å². The predicted molar refractivity (Wildman–Crippen MR) is 52.6 cm³/mol. The zero-order chi connectivity index (χ0) is 9.97. The number of nitrogens with zero attached hydrogens (tertiary/aromatic N) is 3. The lowest BCUT2D eigenvalue weighted by Gasteiger charge is -2.13. The molecule has 1 saturated carbocycles. The summed E-state index contributed by atoms with van der Waals surface area (Å²) < 4.78 is 0. The molecule has 1 atom stereocenters. The molecule has 1 fully saturated rings. The van der Waals surface area contributed by atoms with Crippen LogP contribution in [0.2, 0.25) is 0 Å². The Balaban J connectivity index is 2.11. The highest BCUT2D eigenvalue weighted by Crippen LogP contribution is 2.33. The number of nitrogens with one attached hydrogen (secondary N) is 1. The second-order valence-corrected chi connectivity index (χ2v) is 3.68. The molecule has 0 saturated heterocycles. The van der Waals surface area contributed by atoms with Gasteiger partial charge in [-0.1, -0.05) is 0 Å². The highest BCUT2D eigenvalue weighted by Gasteiger charge is 2.28. The second-order valence-electron chi connectivity index (χ2n) is 3.68. The van der Waals surface area contributed by atoms with E-state index in [0.717, 1.165) is 5.92 Å². The van der Waals surface area contributed by atoms with Crippen molar-refractivity contribution in [1.29, 1.82) is 5.26 Å². The molecule has 1 unspecified atom stereocenters. The number of nitriles is 1. The van der Waals surface area contributed by atoms with Gasteiger partial charge in [0.15, 0.2) is 5.82 Å². The van der Waals surface area contributed by atoms with Crippen LogP contribution in [0.15, 0.2) is 12.3 Å². The summed E-state index contributed by atoms with van der Waals surface area (Å²) in [6.07, 6.45) is 4.08. The molecule has 1 aromatic rings. The molecule has 4 nitrogen and oxygen atoms in total. The molecule has 1 aromatic heterocycles. The fraction of sp³-hybridized carbons (Fsp3) is 0.500. The number of aromatic nitrogens is 2. The summed E-state index contributed by atoms with van der Waals surface area (Å²) >= 11 is 0. The van der Waals surface area contributed by atoms with Gasteiger partial charge in [0, 0.05) is 6.04 Å². The van der Waals surface area contributed by atoms with E-state index in [1.54, 1.807) is 6.07 Å². The molecule has 1 aliphatic rings. The molecule has 1 heterocycles. The van der Waals surface area contributed by atoms with E-state index in [9.17, 15) is 0 Å². The van der Waals surface area contributed by atoms with Crippen LogP contribution >= 0.6 is 0 Å². The average Bonchev–Trinajstić information content (AvgIpc) is 3.02. The summed E-state index contributed by atoms with van der Waals surface area (Å²) in [4.78, 5) is 0. The Labute approximate surface area is 83.0 Å². The van der Waals surface area contributed by atoms with E-state index in [4.69, 9.17) is 5.26 Å². The van der Waals surface area contributed by atoms with E-state index in [2.05, 4.69) is 28.5 Å². The average molecular weight is 188 g/mol. The van der Waals surface area contributed by atoms with Crippen LogP contribution in [0.3, 0.4) is 0 Å². The summed E-state index contributed by atoms with van der Waals surface area (Å²) in [5.74, 6) is 1.35. The van der Waals surface area contributed by atoms with Crippen LogP contribution in [0.25, 0.3) is 0 Å². The van der Waals surface area contributed by atoms with Gasteiger partial charge < -0.3 is 5.32 Å². The third kappa shape index (κ3) is 1.82. The Morgan fingerprint density at radius 2 is 2.43 bits per heavy atom. The van der Waals surface area contributed by atoms with Crippen LogP contribution in [0.5, 0.6) is 0 Å². The first kappa shape index (κ1) is 8.95. The van der Waals surface area contributed by atoms with Gasteiger partial charge >= 0.3 is 0 Å². The van der Waals surface area contributed by atoms with Crippen molar-refractivity contribution in [2.45, 2.75) is 25.8 Å². The molecule has 0 aliphatic heterocycles. The van der Waals surface area contributed by atoms with Crippen LogP contribution in [-0.4, -0.2) is 16.2 Å². The normalized spacial score (nSPS) is 17.1. The topological polar surface area (TPSA) is 61.6 Å². The lowest BCUT2D eigenvalue weighted by molar-refractivity contribution is 0.687. The van der Waals surface area contributed by atoms with Crippen molar-refractivity contribution in [2.24, 2.45) is 5.92 Å². The Kier molecular flexibility index (Phi) is 2.32. The Morgan fingerprint density at radius 1 is 1.64 bits per heavy atom. The number of rotatable bonds is 3. The molecule has 0 aromatic carbocycles. The molecular formula is C10H12N4. The Bertz CT molecular complexity index is 365. The molecule has 1 aliphatic carbocycles. The molecule has 14 heavy (non-hydrogen) atoms. The number of anilines is 1. The van der Waals surface area contributed by atoms with Gasteiger partial charge in [-0.2, -0.15) is 10.4 Å². The van der Waals surface area contributed by atoms with Gasteiger partial charge in [-0.3, -0.25) is 0 Å². The molecule has 4 heteroatoms. The van der Waals surface area contributed by atoms with Crippen molar-refractivity contribution < 1.29 is 0 Å². The molecule has 72 valence electrons. The molecule has 2 rings (SSSR count). The monoisotopic (exact) mass is 188 g/mol. The van der Waals surface area contributed by atoms with Crippen LogP contribution in [0, 0.1) is 17.2 Å². The van der Waals surface area contributed by atoms with Crippen LogP contribution in [0.4, 0.5) is 5.82 Å². The van der Waals surface area contributed by atoms with E-state index < -0.39 is 0 Å². The fourth-order valence-corrected chi connectivity index (χ4v) is 1.46. The quantitative estimate of drug-likeness (QED) is 0.781. The largest absolute Gasteiger partial charge is 0.365 e. The van der Waals surface area contributed by atoms with E-state index in [0.29, 0.717) is 17.4 Å². The van der Waals surface area contributed by atoms with Gasteiger partial charge in [0.1, 0.15) is 6.07 Å². The molecule has 0 radical (unpaired) electrons. The zero-order valence-electron chi connectivity index (χ0n) is 8.07. The highest BCUT2D eigenvalue weighted by atomic mass is 15.2. The summed E-state index contributed by atoms with van der Waals surface area (Å²) in [7, 11) is 0. The summed E-state index contributed by atoms with van der Waals surface area (Å²) in [5.41, 5.74) is 0.562. The minimum Gasteiger partial charge on any atom is -0.365 e. The molecule has 0 bridgehead atoms. The van der Waals surface area contributed by atoms with Gasteiger partial charge in [-0.15, -0.1) is 5.10 Å². The first-order valence-electron chi connectivity index (χ1n) is 4.79. The smallest absolute Gasteiger partial charge is 0.166 e. The van der Waals surface area contributed by atoms with Crippen molar-refractivity contribution in [3.63, 3.8) is 0 Å². The maximum absolute atomic E-state index is 8.83.